The predicted octanol–water partition coefficient (Wildman–Crippen LogP) is 2.10. The molecule has 1 aromatic carbocycles. The highest BCUT2D eigenvalue weighted by Crippen LogP contribution is 2.12. The molecule has 0 atom stereocenters. The van der Waals surface area contributed by atoms with Crippen molar-refractivity contribution in [1.29, 1.82) is 0 Å². The third-order valence-electron chi connectivity index (χ3n) is 3.77. The molecule has 0 spiro atoms. The van der Waals surface area contributed by atoms with Crippen LogP contribution in [0.4, 0.5) is 4.79 Å². The van der Waals surface area contributed by atoms with E-state index in [9.17, 15) is 9.59 Å². The molecule has 1 saturated heterocycles. The Morgan fingerprint density at radius 2 is 1.64 bits per heavy atom. The van der Waals surface area contributed by atoms with E-state index in [-0.39, 0.29) is 11.9 Å². The molecule has 0 saturated carbocycles. The lowest BCUT2D eigenvalue weighted by Gasteiger charge is -2.25. The van der Waals surface area contributed by atoms with E-state index in [4.69, 9.17) is 11.6 Å². The zero-order valence-electron chi connectivity index (χ0n) is 13.1. The van der Waals surface area contributed by atoms with Crippen molar-refractivity contribution in [2.24, 2.45) is 0 Å². The van der Waals surface area contributed by atoms with E-state index >= 15 is 0 Å². The monoisotopic (exact) mass is 323 g/mol. The van der Waals surface area contributed by atoms with Crippen LogP contribution in [0.1, 0.15) is 12.0 Å². The zero-order valence-corrected chi connectivity index (χ0v) is 13.8. The Morgan fingerprint density at radius 3 is 2.27 bits per heavy atom. The molecule has 1 fully saturated rings. The molecule has 0 N–H and O–H groups in total. The Bertz CT molecular complexity index is 531. The predicted molar refractivity (Wildman–Crippen MR) is 87.0 cm³/mol. The number of halogens is 1. The number of hydrogen-bond acceptors (Lipinski definition) is 2. The fourth-order valence-corrected chi connectivity index (χ4v) is 2.66. The molecule has 120 valence electrons. The van der Waals surface area contributed by atoms with Crippen LogP contribution in [0, 0.1) is 0 Å². The molecule has 0 aromatic heterocycles. The zero-order chi connectivity index (χ0) is 16.1. The average molecular weight is 324 g/mol. The number of nitrogens with zero attached hydrogens (tertiary/aromatic N) is 3. The lowest BCUT2D eigenvalue weighted by molar-refractivity contribution is -0.130. The van der Waals surface area contributed by atoms with Gasteiger partial charge in [-0.25, -0.2) is 4.79 Å². The fraction of sp³-hybridized carbons (Fsp3) is 0.500. The number of rotatable bonds is 2. The van der Waals surface area contributed by atoms with Gasteiger partial charge in [-0.3, -0.25) is 4.79 Å². The number of benzene rings is 1. The molecule has 0 aliphatic carbocycles. The summed E-state index contributed by atoms with van der Waals surface area (Å²) in [6, 6.07) is 7.35. The van der Waals surface area contributed by atoms with E-state index in [0.29, 0.717) is 37.6 Å². The number of carbonyl (C=O) groups excluding carboxylic acids is 2. The Balaban J connectivity index is 1.91. The van der Waals surface area contributed by atoms with Gasteiger partial charge in [0.25, 0.3) is 0 Å². The highest BCUT2D eigenvalue weighted by atomic mass is 35.5. The molecule has 1 aliphatic heterocycles. The van der Waals surface area contributed by atoms with Gasteiger partial charge < -0.3 is 14.7 Å². The van der Waals surface area contributed by atoms with Crippen LogP contribution >= 0.6 is 11.6 Å². The molecule has 0 unspecified atom stereocenters. The van der Waals surface area contributed by atoms with Gasteiger partial charge in [0, 0.05) is 45.3 Å². The van der Waals surface area contributed by atoms with Crippen LogP contribution in [-0.4, -0.2) is 66.9 Å². The molecular formula is C16H22ClN3O2. The number of carbonyl (C=O) groups is 2. The summed E-state index contributed by atoms with van der Waals surface area (Å²) in [5.41, 5.74) is 0.958. The summed E-state index contributed by atoms with van der Waals surface area (Å²) in [7, 11) is 3.49. The second kappa shape index (κ2) is 7.49. The summed E-state index contributed by atoms with van der Waals surface area (Å²) in [6.07, 6.45) is 1.19. The van der Waals surface area contributed by atoms with Crippen molar-refractivity contribution in [3.63, 3.8) is 0 Å². The normalized spacial score (nSPS) is 15.4. The molecule has 1 aliphatic rings. The second-order valence-electron chi connectivity index (χ2n) is 5.70. The Labute approximate surface area is 136 Å². The maximum absolute atomic E-state index is 12.4. The first-order valence-electron chi connectivity index (χ1n) is 7.46. The van der Waals surface area contributed by atoms with Gasteiger partial charge in [-0.15, -0.1) is 0 Å². The van der Waals surface area contributed by atoms with Gasteiger partial charge in [0.05, 0.1) is 6.42 Å². The largest absolute Gasteiger partial charge is 0.341 e. The average Bonchev–Trinajstić information content (AvgIpc) is 2.74. The van der Waals surface area contributed by atoms with Gasteiger partial charge >= 0.3 is 6.03 Å². The maximum Gasteiger partial charge on any atom is 0.319 e. The summed E-state index contributed by atoms with van der Waals surface area (Å²) in [4.78, 5) is 29.6. The molecule has 5 nitrogen and oxygen atoms in total. The third-order valence-corrected chi connectivity index (χ3v) is 4.02. The minimum absolute atomic E-state index is 0.00648. The molecule has 6 heteroatoms. The number of amides is 3. The highest BCUT2D eigenvalue weighted by Gasteiger charge is 2.22. The quantitative estimate of drug-likeness (QED) is 0.836. The molecule has 0 bridgehead atoms. The smallest absolute Gasteiger partial charge is 0.319 e. The van der Waals surface area contributed by atoms with Crippen molar-refractivity contribution >= 4 is 23.5 Å². The standard InChI is InChI=1S/C16H22ClN3O2/c1-18(2)16(22)20-9-3-8-19(10-11-20)15(21)12-13-4-6-14(17)7-5-13/h4-7H,3,8-12H2,1-2H3. The van der Waals surface area contributed by atoms with Crippen molar-refractivity contribution in [2.75, 3.05) is 40.3 Å². The highest BCUT2D eigenvalue weighted by molar-refractivity contribution is 6.30. The third kappa shape index (κ3) is 4.37. The summed E-state index contributed by atoms with van der Waals surface area (Å²) in [5, 5.41) is 0.670. The van der Waals surface area contributed by atoms with E-state index in [1.165, 1.54) is 0 Å². The molecule has 3 amide bonds. The summed E-state index contributed by atoms with van der Waals surface area (Å²) in [5.74, 6) is 0.0986. The van der Waals surface area contributed by atoms with Gasteiger partial charge in [-0.1, -0.05) is 23.7 Å². The van der Waals surface area contributed by atoms with Gasteiger partial charge in [-0.05, 0) is 24.1 Å². The SMILES string of the molecule is CN(C)C(=O)N1CCCN(C(=O)Cc2ccc(Cl)cc2)CC1. The lowest BCUT2D eigenvalue weighted by Crippen LogP contribution is -2.42. The summed E-state index contributed by atoms with van der Waals surface area (Å²) < 4.78 is 0. The van der Waals surface area contributed by atoms with Crippen LogP contribution in [0.2, 0.25) is 5.02 Å². The Kier molecular flexibility index (Phi) is 5.66. The van der Waals surface area contributed by atoms with Crippen LogP contribution in [-0.2, 0) is 11.2 Å². The van der Waals surface area contributed by atoms with Crippen LogP contribution in [0.5, 0.6) is 0 Å². The van der Waals surface area contributed by atoms with E-state index in [0.717, 1.165) is 12.0 Å². The van der Waals surface area contributed by atoms with Crippen molar-refractivity contribution in [2.45, 2.75) is 12.8 Å². The summed E-state index contributed by atoms with van der Waals surface area (Å²) in [6.45, 7) is 2.57. The molecule has 1 heterocycles. The minimum Gasteiger partial charge on any atom is -0.341 e. The van der Waals surface area contributed by atoms with Crippen molar-refractivity contribution < 1.29 is 9.59 Å². The van der Waals surface area contributed by atoms with E-state index in [1.807, 2.05) is 17.0 Å². The van der Waals surface area contributed by atoms with Gasteiger partial charge in [-0.2, -0.15) is 0 Å². The van der Waals surface area contributed by atoms with Crippen LogP contribution in [0.3, 0.4) is 0 Å². The van der Waals surface area contributed by atoms with Crippen molar-refractivity contribution in [3.05, 3.63) is 34.9 Å². The first-order valence-corrected chi connectivity index (χ1v) is 7.83. The fourth-order valence-electron chi connectivity index (χ4n) is 2.53. The van der Waals surface area contributed by atoms with Crippen LogP contribution < -0.4 is 0 Å². The van der Waals surface area contributed by atoms with Gasteiger partial charge in [0.2, 0.25) is 5.91 Å². The second-order valence-corrected chi connectivity index (χ2v) is 6.14. The first-order chi connectivity index (χ1) is 10.5. The lowest BCUT2D eigenvalue weighted by atomic mass is 10.1. The Hall–Kier alpha value is -1.75. The summed E-state index contributed by atoms with van der Waals surface area (Å²) >= 11 is 5.85. The molecule has 2 rings (SSSR count). The first kappa shape index (κ1) is 16.6. The van der Waals surface area contributed by atoms with E-state index < -0.39 is 0 Å². The molecular weight excluding hydrogens is 302 g/mol. The number of hydrogen-bond donors (Lipinski definition) is 0. The topological polar surface area (TPSA) is 43.9 Å². The van der Waals surface area contributed by atoms with E-state index in [2.05, 4.69) is 0 Å². The molecule has 0 radical (unpaired) electrons. The van der Waals surface area contributed by atoms with Crippen LogP contribution in [0.15, 0.2) is 24.3 Å². The Morgan fingerprint density at radius 1 is 1.05 bits per heavy atom. The molecule has 1 aromatic rings. The van der Waals surface area contributed by atoms with Crippen LogP contribution in [0.25, 0.3) is 0 Å². The maximum atomic E-state index is 12.4. The number of urea groups is 1. The van der Waals surface area contributed by atoms with Crippen molar-refractivity contribution in [3.8, 4) is 0 Å². The molecule has 22 heavy (non-hydrogen) atoms. The van der Waals surface area contributed by atoms with E-state index in [1.54, 1.807) is 36.0 Å². The van der Waals surface area contributed by atoms with Gasteiger partial charge in [0.1, 0.15) is 0 Å². The minimum atomic E-state index is 0.00648. The van der Waals surface area contributed by atoms with Gasteiger partial charge in [0.15, 0.2) is 0 Å². The van der Waals surface area contributed by atoms with Crippen molar-refractivity contribution in [1.82, 2.24) is 14.7 Å².